The standard InChI is InChI=1S/C14H9Cl4NO3S/c1-7(20)8-2-3-9(15)13(4-8)19-23(21,22)14-6-11(17)10(16)5-12(14)18/h2-6,19H,1H3. The van der Waals surface area contributed by atoms with Crippen LogP contribution in [0.5, 0.6) is 0 Å². The Morgan fingerprint density at radius 2 is 1.52 bits per heavy atom. The third kappa shape index (κ3) is 4.11. The highest BCUT2D eigenvalue weighted by molar-refractivity contribution is 7.92. The first-order valence-corrected chi connectivity index (χ1v) is 9.09. The summed E-state index contributed by atoms with van der Waals surface area (Å²) in [5.74, 6) is -0.227. The highest BCUT2D eigenvalue weighted by atomic mass is 35.5. The number of hydrogen-bond donors (Lipinski definition) is 1. The first-order chi connectivity index (χ1) is 10.6. The van der Waals surface area contributed by atoms with Crippen molar-refractivity contribution >= 4 is 67.9 Å². The predicted molar refractivity (Wildman–Crippen MR) is 93.7 cm³/mol. The molecule has 9 heteroatoms. The molecule has 122 valence electrons. The molecule has 2 aromatic carbocycles. The van der Waals surface area contributed by atoms with Gasteiger partial charge >= 0.3 is 0 Å². The molecule has 0 aromatic heterocycles. The quantitative estimate of drug-likeness (QED) is 0.547. The van der Waals surface area contributed by atoms with E-state index >= 15 is 0 Å². The number of hydrogen-bond acceptors (Lipinski definition) is 3. The molecule has 1 N–H and O–H groups in total. The number of halogens is 4. The maximum Gasteiger partial charge on any atom is 0.263 e. The summed E-state index contributed by atoms with van der Waals surface area (Å²) in [6.45, 7) is 1.36. The number of rotatable bonds is 4. The van der Waals surface area contributed by atoms with Crippen LogP contribution in [0.2, 0.25) is 20.1 Å². The Hall–Kier alpha value is -0.980. The Bertz CT molecular complexity index is 897. The largest absolute Gasteiger partial charge is 0.295 e. The van der Waals surface area contributed by atoms with E-state index in [2.05, 4.69) is 4.72 Å². The van der Waals surface area contributed by atoms with Crippen LogP contribution in [0.15, 0.2) is 35.2 Å². The normalized spacial score (nSPS) is 11.3. The second kappa shape index (κ2) is 6.87. The van der Waals surface area contributed by atoms with Crippen LogP contribution in [0.1, 0.15) is 17.3 Å². The van der Waals surface area contributed by atoms with Crippen molar-refractivity contribution in [3.05, 3.63) is 56.0 Å². The van der Waals surface area contributed by atoms with Crippen LogP contribution in [0, 0.1) is 0 Å². The molecule has 0 unspecified atom stereocenters. The second-order valence-corrected chi connectivity index (χ2v) is 7.83. The van der Waals surface area contributed by atoms with E-state index in [4.69, 9.17) is 46.4 Å². The number of benzene rings is 2. The van der Waals surface area contributed by atoms with E-state index in [1.54, 1.807) is 0 Å². The van der Waals surface area contributed by atoms with Gasteiger partial charge in [0.05, 0.1) is 25.8 Å². The minimum absolute atomic E-state index is 0.0417. The van der Waals surface area contributed by atoms with E-state index in [9.17, 15) is 13.2 Å². The zero-order chi connectivity index (χ0) is 17.4. The van der Waals surface area contributed by atoms with Gasteiger partial charge in [-0.05, 0) is 37.3 Å². The third-order valence-electron chi connectivity index (χ3n) is 2.88. The van der Waals surface area contributed by atoms with Crippen LogP contribution in [0.3, 0.4) is 0 Å². The van der Waals surface area contributed by atoms with Gasteiger partial charge in [0, 0.05) is 5.56 Å². The molecule has 0 saturated carbocycles. The van der Waals surface area contributed by atoms with Gasteiger partial charge in [0.2, 0.25) is 0 Å². The van der Waals surface area contributed by atoms with Crippen LogP contribution < -0.4 is 4.72 Å². The van der Waals surface area contributed by atoms with Gasteiger partial charge in [0.25, 0.3) is 10.0 Å². The average Bonchev–Trinajstić information content (AvgIpc) is 2.44. The number of anilines is 1. The van der Waals surface area contributed by atoms with Crippen LogP contribution in [0.25, 0.3) is 0 Å². The summed E-state index contributed by atoms with van der Waals surface area (Å²) < 4.78 is 27.2. The molecule has 0 aliphatic rings. The van der Waals surface area contributed by atoms with E-state index in [1.165, 1.54) is 31.2 Å². The van der Waals surface area contributed by atoms with Crippen molar-refractivity contribution in [2.24, 2.45) is 0 Å². The lowest BCUT2D eigenvalue weighted by atomic mass is 10.1. The van der Waals surface area contributed by atoms with Gasteiger partial charge in [-0.3, -0.25) is 9.52 Å². The molecule has 0 fully saturated rings. The highest BCUT2D eigenvalue weighted by Gasteiger charge is 2.21. The zero-order valence-corrected chi connectivity index (χ0v) is 15.4. The number of nitrogens with one attached hydrogen (secondary N) is 1. The maximum atomic E-state index is 12.5. The van der Waals surface area contributed by atoms with Crippen LogP contribution in [0.4, 0.5) is 5.69 Å². The molecule has 0 bridgehead atoms. The summed E-state index contributed by atoms with van der Waals surface area (Å²) >= 11 is 23.5. The van der Waals surface area contributed by atoms with Gasteiger partial charge in [0.15, 0.2) is 5.78 Å². The van der Waals surface area contributed by atoms with Crippen LogP contribution >= 0.6 is 46.4 Å². The molecule has 0 aliphatic carbocycles. The van der Waals surface area contributed by atoms with Crippen molar-refractivity contribution in [2.75, 3.05) is 4.72 Å². The monoisotopic (exact) mass is 411 g/mol. The van der Waals surface area contributed by atoms with Crippen LogP contribution in [-0.2, 0) is 10.0 Å². The molecule has 2 aromatic rings. The number of carbonyl (C=O) groups excluding carboxylic acids is 1. The van der Waals surface area contributed by atoms with E-state index < -0.39 is 10.0 Å². The van der Waals surface area contributed by atoms with E-state index in [1.807, 2.05) is 0 Å². The van der Waals surface area contributed by atoms with Gasteiger partial charge < -0.3 is 0 Å². The van der Waals surface area contributed by atoms with Crippen molar-refractivity contribution in [1.29, 1.82) is 0 Å². The van der Waals surface area contributed by atoms with E-state index in [-0.39, 0.29) is 36.5 Å². The molecule has 4 nitrogen and oxygen atoms in total. The summed E-state index contributed by atoms with van der Waals surface area (Å²) in [5.41, 5.74) is 0.369. The smallest absolute Gasteiger partial charge is 0.263 e. The molecule has 2 rings (SSSR count). The lowest BCUT2D eigenvalue weighted by molar-refractivity contribution is 0.101. The zero-order valence-electron chi connectivity index (χ0n) is 11.5. The maximum absolute atomic E-state index is 12.5. The average molecular weight is 413 g/mol. The minimum atomic E-state index is -4.07. The SMILES string of the molecule is CC(=O)c1ccc(Cl)c(NS(=O)(=O)c2cc(Cl)c(Cl)cc2Cl)c1. The van der Waals surface area contributed by atoms with Gasteiger partial charge in [-0.15, -0.1) is 0 Å². The van der Waals surface area contributed by atoms with Gasteiger partial charge in [0.1, 0.15) is 4.90 Å². The first kappa shape index (κ1) is 18.4. The topological polar surface area (TPSA) is 63.2 Å². The summed E-state index contributed by atoms with van der Waals surface area (Å²) in [7, 11) is -4.07. The van der Waals surface area contributed by atoms with Crippen molar-refractivity contribution < 1.29 is 13.2 Å². The molecule has 0 radical (unpaired) electrons. The Labute approximate surface area is 153 Å². The van der Waals surface area contributed by atoms with Crippen molar-refractivity contribution in [3.8, 4) is 0 Å². The molecule has 0 aliphatic heterocycles. The van der Waals surface area contributed by atoms with E-state index in [0.29, 0.717) is 5.56 Å². The third-order valence-corrected chi connectivity index (χ3v) is 5.76. The summed E-state index contributed by atoms with van der Waals surface area (Å²) in [4.78, 5) is 11.2. The minimum Gasteiger partial charge on any atom is -0.295 e. The first-order valence-electron chi connectivity index (χ1n) is 6.09. The fourth-order valence-electron chi connectivity index (χ4n) is 1.73. The molecule has 0 heterocycles. The van der Waals surface area contributed by atoms with Crippen molar-refractivity contribution in [1.82, 2.24) is 0 Å². The van der Waals surface area contributed by atoms with Crippen molar-refractivity contribution in [2.45, 2.75) is 11.8 Å². The Kier molecular flexibility index (Phi) is 5.48. The Morgan fingerprint density at radius 3 is 2.13 bits per heavy atom. The molecule has 0 saturated heterocycles. The van der Waals surface area contributed by atoms with Gasteiger partial charge in [-0.25, -0.2) is 8.42 Å². The van der Waals surface area contributed by atoms with Gasteiger partial charge in [-0.1, -0.05) is 46.4 Å². The van der Waals surface area contributed by atoms with Crippen LogP contribution in [-0.4, -0.2) is 14.2 Å². The number of sulfonamides is 1. The number of ketones is 1. The fourth-order valence-corrected chi connectivity index (χ4v) is 4.03. The molecule has 0 amide bonds. The second-order valence-electron chi connectivity index (χ2n) is 4.55. The fraction of sp³-hybridized carbons (Fsp3) is 0.0714. The van der Waals surface area contributed by atoms with Gasteiger partial charge in [-0.2, -0.15) is 0 Å². The summed E-state index contributed by atoms with van der Waals surface area (Å²) in [6, 6.07) is 6.62. The van der Waals surface area contributed by atoms with E-state index in [0.717, 1.165) is 6.07 Å². The molecule has 0 spiro atoms. The summed E-state index contributed by atoms with van der Waals surface area (Å²) in [6.07, 6.45) is 0. The molecule has 23 heavy (non-hydrogen) atoms. The van der Waals surface area contributed by atoms with Crippen molar-refractivity contribution in [3.63, 3.8) is 0 Å². The number of carbonyl (C=O) groups is 1. The Morgan fingerprint density at radius 1 is 0.913 bits per heavy atom. The summed E-state index contributed by atoms with van der Waals surface area (Å²) in [5, 5.41) is 0.216. The molecular weight excluding hydrogens is 404 g/mol. The predicted octanol–water partition coefficient (Wildman–Crippen LogP) is 5.30. The molecule has 0 atom stereocenters. The number of Topliss-reactive ketones (excluding diaryl/α,β-unsaturated/α-hetero) is 1. The lowest BCUT2D eigenvalue weighted by Crippen LogP contribution is -2.14. The highest BCUT2D eigenvalue weighted by Crippen LogP contribution is 2.33. The molecular formula is C14H9Cl4NO3S. The lowest BCUT2D eigenvalue weighted by Gasteiger charge is -2.12. The Balaban J connectivity index is 2.49.